The summed E-state index contributed by atoms with van der Waals surface area (Å²) in [6.45, 7) is -0.0941. The zero-order valence-electron chi connectivity index (χ0n) is 14.9. The van der Waals surface area contributed by atoms with Gasteiger partial charge in [-0.25, -0.2) is 9.78 Å². The SMILES string of the molecule is O=C1NCC(C(=O)N[C@H](c2ccc(OC(F)(F)F)c(Cl)c2)c2coc(C(F)(F)F)n2)N1. The van der Waals surface area contributed by atoms with Gasteiger partial charge in [0.1, 0.15) is 23.7 Å². The minimum atomic E-state index is -5.03. The van der Waals surface area contributed by atoms with Gasteiger partial charge in [0.2, 0.25) is 5.91 Å². The number of halogens is 7. The largest absolute Gasteiger partial charge is 0.573 e. The predicted molar refractivity (Wildman–Crippen MR) is 89.9 cm³/mol. The van der Waals surface area contributed by atoms with E-state index in [0.29, 0.717) is 6.26 Å². The molecule has 1 aliphatic rings. The van der Waals surface area contributed by atoms with E-state index < -0.39 is 58.9 Å². The molecule has 1 fully saturated rings. The van der Waals surface area contributed by atoms with Gasteiger partial charge in [0, 0.05) is 6.54 Å². The third kappa shape index (κ3) is 5.51. The first-order chi connectivity index (χ1) is 14.3. The molecule has 15 heteroatoms. The van der Waals surface area contributed by atoms with Crippen LogP contribution in [0.3, 0.4) is 0 Å². The molecule has 0 bridgehead atoms. The van der Waals surface area contributed by atoms with Crippen LogP contribution in [-0.4, -0.2) is 35.9 Å². The molecule has 1 saturated heterocycles. The molecule has 0 aliphatic carbocycles. The first-order valence-corrected chi connectivity index (χ1v) is 8.64. The zero-order valence-corrected chi connectivity index (χ0v) is 15.7. The molecule has 168 valence electrons. The molecule has 1 aromatic heterocycles. The molecule has 31 heavy (non-hydrogen) atoms. The van der Waals surface area contributed by atoms with E-state index in [9.17, 15) is 35.9 Å². The molecule has 3 N–H and O–H groups in total. The molecule has 0 saturated carbocycles. The number of carbonyl (C=O) groups is 2. The molecule has 3 rings (SSSR count). The van der Waals surface area contributed by atoms with E-state index in [1.54, 1.807) is 0 Å². The van der Waals surface area contributed by atoms with Crippen LogP contribution in [0.1, 0.15) is 23.2 Å². The maximum atomic E-state index is 12.8. The van der Waals surface area contributed by atoms with Crippen LogP contribution >= 0.6 is 11.6 Å². The Bertz CT molecular complexity index is 993. The number of hydrogen-bond acceptors (Lipinski definition) is 5. The summed E-state index contributed by atoms with van der Waals surface area (Å²) in [4.78, 5) is 27.0. The van der Waals surface area contributed by atoms with Crippen LogP contribution in [-0.2, 0) is 11.0 Å². The van der Waals surface area contributed by atoms with Gasteiger partial charge in [-0.2, -0.15) is 13.2 Å². The fraction of sp³-hybridized carbons (Fsp3) is 0.312. The highest BCUT2D eigenvalue weighted by atomic mass is 35.5. The van der Waals surface area contributed by atoms with E-state index in [2.05, 4.69) is 30.1 Å². The normalized spacial score (nSPS) is 17.6. The van der Waals surface area contributed by atoms with Crippen LogP contribution in [0, 0.1) is 0 Å². The van der Waals surface area contributed by atoms with Crippen molar-refractivity contribution in [2.24, 2.45) is 0 Å². The van der Waals surface area contributed by atoms with Crippen molar-refractivity contribution >= 4 is 23.5 Å². The van der Waals surface area contributed by atoms with E-state index >= 15 is 0 Å². The minimum absolute atomic E-state index is 0.0211. The van der Waals surface area contributed by atoms with Crippen molar-refractivity contribution in [1.82, 2.24) is 20.9 Å². The topological polar surface area (TPSA) is 105 Å². The smallest absolute Gasteiger partial charge is 0.441 e. The Labute approximate surface area is 173 Å². The molecule has 8 nitrogen and oxygen atoms in total. The van der Waals surface area contributed by atoms with Gasteiger partial charge in [0.25, 0.3) is 0 Å². The number of carbonyl (C=O) groups excluding carboxylic acids is 2. The number of urea groups is 1. The number of nitrogens with one attached hydrogen (secondary N) is 3. The van der Waals surface area contributed by atoms with E-state index in [-0.39, 0.29) is 12.1 Å². The number of hydrogen-bond donors (Lipinski definition) is 3. The second-order valence-electron chi connectivity index (χ2n) is 6.16. The second-order valence-corrected chi connectivity index (χ2v) is 6.57. The number of rotatable bonds is 5. The summed E-state index contributed by atoms with van der Waals surface area (Å²) in [5, 5.41) is 6.45. The summed E-state index contributed by atoms with van der Waals surface area (Å²) >= 11 is 5.80. The lowest BCUT2D eigenvalue weighted by Crippen LogP contribution is -2.44. The lowest BCUT2D eigenvalue weighted by molar-refractivity contribution is -0.274. The van der Waals surface area contributed by atoms with Gasteiger partial charge < -0.3 is 25.1 Å². The molecule has 1 unspecified atom stereocenters. The van der Waals surface area contributed by atoms with E-state index in [4.69, 9.17) is 11.6 Å². The summed E-state index contributed by atoms with van der Waals surface area (Å²) in [6, 6.07) is -0.246. The fourth-order valence-electron chi connectivity index (χ4n) is 2.64. The molecule has 2 heterocycles. The number of benzene rings is 1. The Kier molecular flexibility index (Phi) is 5.93. The first kappa shape index (κ1) is 22.5. The summed E-state index contributed by atoms with van der Waals surface area (Å²) in [6.07, 6.45) is -9.31. The highest BCUT2D eigenvalue weighted by Crippen LogP contribution is 2.35. The maximum Gasteiger partial charge on any atom is 0.573 e. The number of oxazole rings is 1. The second kappa shape index (κ2) is 8.17. The number of ether oxygens (including phenoxy) is 1. The van der Waals surface area contributed by atoms with E-state index in [1.165, 1.54) is 0 Å². The lowest BCUT2D eigenvalue weighted by Gasteiger charge is -2.20. The summed E-state index contributed by atoms with van der Waals surface area (Å²) < 4.78 is 84.0. The Morgan fingerprint density at radius 1 is 1.29 bits per heavy atom. The summed E-state index contributed by atoms with van der Waals surface area (Å²) in [5.41, 5.74) is -0.425. The number of aromatic nitrogens is 1. The van der Waals surface area contributed by atoms with Crippen molar-refractivity contribution in [3.63, 3.8) is 0 Å². The van der Waals surface area contributed by atoms with Crippen LogP contribution in [0.5, 0.6) is 5.75 Å². The van der Waals surface area contributed by atoms with Crippen molar-refractivity contribution in [3.05, 3.63) is 46.6 Å². The molecular weight excluding hydrogens is 462 g/mol. The number of amides is 3. The Morgan fingerprint density at radius 2 is 2.00 bits per heavy atom. The Morgan fingerprint density at radius 3 is 2.52 bits per heavy atom. The van der Waals surface area contributed by atoms with Gasteiger partial charge >= 0.3 is 24.5 Å². The van der Waals surface area contributed by atoms with Crippen LogP contribution in [0.2, 0.25) is 5.02 Å². The molecule has 2 aromatic rings. The molecule has 1 aliphatic heterocycles. The highest BCUT2D eigenvalue weighted by Gasteiger charge is 2.39. The van der Waals surface area contributed by atoms with Crippen molar-refractivity contribution in [2.75, 3.05) is 6.54 Å². The quantitative estimate of drug-likeness (QED) is 0.580. The molecule has 0 radical (unpaired) electrons. The van der Waals surface area contributed by atoms with Gasteiger partial charge in [-0.1, -0.05) is 17.7 Å². The molecule has 0 spiro atoms. The van der Waals surface area contributed by atoms with Gasteiger partial charge in [0.15, 0.2) is 0 Å². The van der Waals surface area contributed by atoms with Crippen LogP contribution in [0.25, 0.3) is 0 Å². The minimum Gasteiger partial charge on any atom is -0.441 e. The molecular formula is C16H11ClF6N4O4. The maximum absolute atomic E-state index is 12.8. The Balaban J connectivity index is 1.93. The van der Waals surface area contributed by atoms with Gasteiger partial charge in [-0.3, -0.25) is 4.79 Å². The monoisotopic (exact) mass is 472 g/mol. The van der Waals surface area contributed by atoms with E-state index in [0.717, 1.165) is 18.2 Å². The zero-order chi connectivity index (χ0) is 23.0. The van der Waals surface area contributed by atoms with Crippen LogP contribution < -0.4 is 20.7 Å². The lowest BCUT2D eigenvalue weighted by atomic mass is 10.0. The molecule has 1 aromatic carbocycles. The van der Waals surface area contributed by atoms with Crippen molar-refractivity contribution in [3.8, 4) is 5.75 Å². The van der Waals surface area contributed by atoms with E-state index in [1.807, 2.05) is 0 Å². The first-order valence-electron chi connectivity index (χ1n) is 8.26. The Hall–Kier alpha value is -3.16. The fourth-order valence-corrected chi connectivity index (χ4v) is 2.86. The average molecular weight is 473 g/mol. The van der Waals surface area contributed by atoms with Crippen LogP contribution in [0.4, 0.5) is 31.1 Å². The third-order valence-electron chi connectivity index (χ3n) is 3.95. The predicted octanol–water partition coefficient (Wildman–Crippen LogP) is 3.13. The van der Waals surface area contributed by atoms with Gasteiger partial charge in [-0.05, 0) is 17.7 Å². The number of alkyl halides is 6. The molecule has 3 amide bonds. The van der Waals surface area contributed by atoms with Crippen molar-refractivity contribution in [1.29, 1.82) is 0 Å². The summed E-state index contributed by atoms with van der Waals surface area (Å²) in [5.74, 6) is -3.15. The van der Waals surface area contributed by atoms with Gasteiger partial charge in [0.05, 0.1) is 11.1 Å². The molecule has 2 atom stereocenters. The standard InChI is InChI=1S/C16H11ClF6N4O4/c17-7-3-6(1-2-10(7)31-16(21,22)23)11(9-5-30-13(25-9)15(18,19)20)27-12(28)8-4-24-14(29)26-8/h1-3,5,8,11H,4H2,(H,27,28)(H2,24,26,29)/t8?,11-/m1/s1. The van der Waals surface area contributed by atoms with Crippen LogP contribution in [0.15, 0.2) is 28.9 Å². The average Bonchev–Trinajstić information content (AvgIpc) is 3.29. The van der Waals surface area contributed by atoms with Crippen molar-refractivity contribution in [2.45, 2.75) is 24.6 Å². The van der Waals surface area contributed by atoms with Gasteiger partial charge in [-0.15, -0.1) is 13.2 Å². The van der Waals surface area contributed by atoms with Crippen molar-refractivity contribution < 1.29 is 45.1 Å². The third-order valence-corrected chi connectivity index (χ3v) is 4.25. The highest BCUT2D eigenvalue weighted by molar-refractivity contribution is 6.32. The summed E-state index contributed by atoms with van der Waals surface area (Å²) in [7, 11) is 0. The number of nitrogens with zero attached hydrogens (tertiary/aromatic N) is 1.